The Morgan fingerprint density at radius 1 is 1.10 bits per heavy atom. The number of hydrogen-bond donors (Lipinski definition) is 1. The molecule has 0 saturated carbocycles. The third-order valence-electron chi connectivity index (χ3n) is 3.72. The molecule has 2 heterocycles. The van der Waals surface area contributed by atoms with E-state index in [1.165, 1.54) is 0 Å². The smallest absolute Gasteiger partial charge is 0.134 e. The van der Waals surface area contributed by atoms with Crippen LogP contribution in [-0.2, 0) is 0 Å². The predicted molar refractivity (Wildman–Crippen MR) is 80.7 cm³/mol. The number of pyridine rings is 1. The first kappa shape index (κ1) is 12.9. The van der Waals surface area contributed by atoms with E-state index < -0.39 is 0 Å². The summed E-state index contributed by atoms with van der Waals surface area (Å²) < 4.78 is 5.97. The number of para-hydroxylation sites is 1. The van der Waals surface area contributed by atoms with Crippen LogP contribution in [0.2, 0.25) is 0 Å². The molecular weight excluding hydrogens is 248 g/mol. The summed E-state index contributed by atoms with van der Waals surface area (Å²) in [5.74, 6) is 1.19. The lowest BCUT2D eigenvalue weighted by atomic mass is 9.95. The Balaban J connectivity index is 1.97. The quantitative estimate of drug-likeness (QED) is 0.778. The fourth-order valence-electron chi connectivity index (χ4n) is 2.61. The van der Waals surface area contributed by atoms with Crippen LogP contribution in [0.3, 0.4) is 0 Å². The fraction of sp³-hybridized carbons (Fsp3) is 0.235. The molecule has 2 aromatic heterocycles. The van der Waals surface area contributed by atoms with Gasteiger partial charge in [-0.3, -0.25) is 4.98 Å². The summed E-state index contributed by atoms with van der Waals surface area (Å²) in [5, 5.41) is 4.48. The minimum atomic E-state index is 0.109. The molecule has 2 atom stereocenters. The summed E-state index contributed by atoms with van der Waals surface area (Å²) in [6.07, 6.45) is 1.83. The molecule has 0 aliphatic carbocycles. The van der Waals surface area contributed by atoms with Crippen molar-refractivity contribution < 1.29 is 4.42 Å². The highest BCUT2D eigenvalue weighted by molar-refractivity contribution is 5.77. The second-order valence-corrected chi connectivity index (χ2v) is 5.00. The van der Waals surface area contributed by atoms with Crippen LogP contribution in [0, 0.1) is 0 Å². The third-order valence-corrected chi connectivity index (χ3v) is 3.72. The van der Waals surface area contributed by atoms with E-state index in [-0.39, 0.29) is 12.0 Å². The lowest BCUT2D eigenvalue weighted by Gasteiger charge is -2.21. The predicted octanol–water partition coefficient (Wildman–Crippen LogP) is 3.89. The number of nitrogens with zero attached hydrogens (tertiary/aromatic N) is 1. The van der Waals surface area contributed by atoms with Crippen molar-refractivity contribution in [1.82, 2.24) is 10.3 Å². The third kappa shape index (κ3) is 2.32. The highest BCUT2D eigenvalue weighted by atomic mass is 16.3. The van der Waals surface area contributed by atoms with Crippen LogP contribution < -0.4 is 5.32 Å². The molecule has 0 spiro atoms. The van der Waals surface area contributed by atoms with E-state index in [4.69, 9.17) is 4.42 Å². The van der Waals surface area contributed by atoms with Crippen molar-refractivity contribution in [3.05, 3.63) is 66.2 Å². The van der Waals surface area contributed by atoms with Gasteiger partial charge in [0, 0.05) is 23.2 Å². The number of rotatable bonds is 4. The van der Waals surface area contributed by atoms with Crippen LogP contribution in [0.4, 0.5) is 0 Å². The summed E-state index contributed by atoms with van der Waals surface area (Å²) >= 11 is 0. The number of aromatic nitrogens is 1. The molecule has 0 bridgehead atoms. The van der Waals surface area contributed by atoms with Gasteiger partial charge in [0.25, 0.3) is 0 Å². The van der Waals surface area contributed by atoms with Crippen molar-refractivity contribution >= 4 is 11.0 Å². The zero-order valence-electron chi connectivity index (χ0n) is 11.7. The molecule has 20 heavy (non-hydrogen) atoms. The first-order valence-corrected chi connectivity index (χ1v) is 6.86. The molecule has 1 N–H and O–H groups in total. The van der Waals surface area contributed by atoms with Gasteiger partial charge in [0.15, 0.2) is 0 Å². The van der Waals surface area contributed by atoms with Gasteiger partial charge in [0.1, 0.15) is 11.3 Å². The minimum Gasteiger partial charge on any atom is -0.459 e. The average Bonchev–Trinajstić information content (AvgIpc) is 2.92. The van der Waals surface area contributed by atoms with Gasteiger partial charge in [0.2, 0.25) is 0 Å². The molecule has 1 aromatic carbocycles. The standard InChI is InChI=1S/C17H18N2O/c1-12(14-8-5-6-10-19-14)17(18-2)16-11-13-7-3-4-9-15(13)20-16/h3-12,17-18H,1-2H3. The highest BCUT2D eigenvalue weighted by Gasteiger charge is 2.23. The van der Waals surface area contributed by atoms with E-state index in [1.54, 1.807) is 0 Å². The summed E-state index contributed by atoms with van der Waals surface area (Å²) in [4.78, 5) is 4.45. The molecule has 102 valence electrons. The maximum absolute atomic E-state index is 5.97. The van der Waals surface area contributed by atoms with Crippen molar-refractivity contribution in [1.29, 1.82) is 0 Å². The molecule has 3 rings (SSSR count). The molecule has 2 unspecified atom stereocenters. The van der Waals surface area contributed by atoms with Crippen LogP contribution >= 0.6 is 0 Å². The average molecular weight is 266 g/mol. The van der Waals surface area contributed by atoms with Gasteiger partial charge in [-0.2, -0.15) is 0 Å². The first-order valence-electron chi connectivity index (χ1n) is 6.86. The molecule has 0 saturated heterocycles. The van der Waals surface area contributed by atoms with E-state index in [0.29, 0.717) is 0 Å². The number of hydrogen-bond acceptors (Lipinski definition) is 3. The van der Waals surface area contributed by atoms with Crippen molar-refractivity contribution in [2.75, 3.05) is 7.05 Å². The van der Waals surface area contributed by atoms with E-state index in [1.807, 2.05) is 43.6 Å². The number of nitrogens with one attached hydrogen (secondary N) is 1. The van der Waals surface area contributed by atoms with Crippen LogP contribution in [0.1, 0.15) is 30.3 Å². The van der Waals surface area contributed by atoms with Gasteiger partial charge in [0.05, 0.1) is 6.04 Å². The van der Waals surface area contributed by atoms with Gasteiger partial charge in [-0.1, -0.05) is 31.2 Å². The topological polar surface area (TPSA) is 38.1 Å². The number of benzene rings is 1. The Morgan fingerprint density at radius 3 is 2.60 bits per heavy atom. The molecule has 3 heteroatoms. The monoisotopic (exact) mass is 266 g/mol. The van der Waals surface area contributed by atoms with E-state index in [9.17, 15) is 0 Å². The van der Waals surface area contributed by atoms with Crippen LogP contribution in [0.15, 0.2) is 59.1 Å². The Kier molecular flexibility index (Phi) is 3.52. The zero-order valence-corrected chi connectivity index (χ0v) is 11.7. The van der Waals surface area contributed by atoms with E-state index in [2.05, 4.69) is 35.4 Å². The van der Waals surface area contributed by atoms with Gasteiger partial charge in [-0.05, 0) is 31.3 Å². The van der Waals surface area contributed by atoms with E-state index >= 15 is 0 Å². The van der Waals surface area contributed by atoms with Gasteiger partial charge in [-0.15, -0.1) is 0 Å². The normalized spacial score (nSPS) is 14.3. The minimum absolute atomic E-state index is 0.109. The largest absolute Gasteiger partial charge is 0.459 e. The SMILES string of the molecule is CNC(c1cc2ccccc2o1)C(C)c1ccccn1. The van der Waals surface area contributed by atoms with Gasteiger partial charge in [-0.25, -0.2) is 0 Å². The molecule has 0 radical (unpaired) electrons. The molecule has 0 fully saturated rings. The molecule has 3 aromatic rings. The van der Waals surface area contributed by atoms with Crippen LogP contribution in [-0.4, -0.2) is 12.0 Å². The molecule has 0 aliphatic heterocycles. The maximum Gasteiger partial charge on any atom is 0.134 e. The van der Waals surface area contributed by atoms with Gasteiger partial charge < -0.3 is 9.73 Å². The van der Waals surface area contributed by atoms with Crippen LogP contribution in [0.5, 0.6) is 0 Å². The maximum atomic E-state index is 5.97. The summed E-state index contributed by atoms with van der Waals surface area (Å²) in [6, 6.07) is 16.3. The summed E-state index contributed by atoms with van der Waals surface area (Å²) in [6.45, 7) is 2.16. The summed E-state index contributed by atoms with van der Waals surface area (Å²) in [5.41, 5.74) is 1.99. The van der Waals surface area contributed by atoms with Crippen molar-refractivity contribution in [3.63, 3.8) is 0 Å². The summed E-state index contributed by atoms with van der Waals surface area (Å²) in [7, 11) is 1.96. The van der Waals surface area contributed by atoms with E-state index in [0.717, 1.165) is 22.4 Å². The molecule has 0 amide bonds. The van der Waals surface area contributed by atoms with Crippen LogP contribution in [0.25, 0.3) is 11.0 Å². The second kappa shape index (κ2) is 5.47. The number of likely N-dealkylation sites (N-methyl/N-ethyl adjacent to an activating group) is 1. The molecule has 3 nitrogen and oxygen atoms in total. The highest BCUT2D eigenvalue weighted by Crippen LogP contribution is 2.32. The van der Waals surface area contributed by atoms with Gasteiger partial charge >= 0.3 is 0 Å². The first-order chi connectivity index (χ1) is 9.79. The number of furan rings is 1. The van der Waals surface area contributed by atoms with Crippen molar-refractivity contribution in [2.45, 2.75) is 18.9 Å². The Labute approximate surface area is 118 Å². The lowest BCUT2D eigenvalue weighted by molar-refractivity contribution is 0.406. The Bertz CT molecular complexity index is 657. The second-order valence-electron chi connectivity index (χ2n) is 5.00. The Hall–Kier alpha value is -2.13. The lowest BCUT2D eigenvalue weighted by Crippen LogP contribution is -2.22. The van der Waals surface area contributed by atoms with Crippen molar-refractivity contribution in [3.8, 4) is 0 Å². The molecule has 0 aliphatic rings. The zero-order chi connectivity index (χ0) is 13.9. The fourth-order valence-corrected chi connectivity index (χ4v) is 2.61. The number of fused-ring (bicyclic) bond motifs is 1. The van der Waals surface area contributed by atoms with Crippen molar-refractivity contribution in [2.24, 2.45) is 0 Å². The molecular formula is C17H18N2O. The Morgan fingerprint density at radius 2 is 1.90 bits per heavy atom.